The van der Waals surface area contributed by atoms with Crippen molar-refractivity contribution in [3.63, 3.8) is 0 Å². The van der Waals surface area contributed by atoms with E-state index in [9.17, 15) is 4.79 Å². The van der Waals surface area contributed by atoms with Crippen LogP contribution in [0.3, 0.4) is 0 Å². The Morgan fingerprint density at radius 3 is 2.15 bits per heavy atom. The van der Waals surface area contributed by atoms with Crippen LogP contribution in [0.25, 0.3) is 16.9 Å². The van der Waals surface area contributed by atoms with Crippen LogP contribution in [0.4, 0.5) is 0 Å². The molecule has 0 radical (unpaired) electrons. The van der Waals surface area contributed by atoms with E-state index < -0.39 is 5.91 Å². The quantitative estimate of drug-likeness (QED) is 0.789. The standard InChI is InChI=1S/C16H13N3O/c17-16(20)14-11-19(13-9-5-2-6-10-13)18-15(14)12-7-3-1-4-8-12/h1-11H,(H2,17,20). The van der Waals surface area contributed by atoms with Crippen molar-refractivity contribution in [1.29, 1.82) is 0 Å². The summed E-state index contributed by atoms with van der Waals surface area (Å²) in [4.78, 5) is 11.6. The third kappa shape index (κ3) is 2.19. The van der Waals surface area contributed by atoms with Gasteiger partial charge >= 0.3 is 0 Å². The van der Waals surface area contributed by atoms with E-state index in [-0.39, 0.29) is 0 Å². The van der Waals surface area contributed by atoms with Crippen LogP contribution >= 0.6 is 0 Å². The number of para-hydroxylation sites is 1. The second-order valence-electron chi connectivity index (χ2n) is 4.40. The van der Waals surface area contributed by atoms with E-state index in [2.05, 4.69) is 5.10 Å². The lowest BCUT2D eigenvalue weighted by atomic mass is 10.1. The zero-order valence-corrected chi connectivity index (χ0v) is 10.7. The number of amides is 1. The van der Waals surface area contributed by atoms with Crippen molar-refractivity contribution >= 4 is 5.91 Å². The molecule has 0 atom stereocenters. The van der Waals surface area contributed by atoms with Crippen LogP contribution in [0.2, 0.25) is 0 Å². The molecule has 3 aromatic rings. The first-order chi connectivity index (χ1) is 9.75. The minimum atomic E-state index is -0.481. The van der Waals surface area contributed by atoms with Gasteiger partial charge < -0.3 is 5.73 Å². The molecule has 4 nitrogen and oxygen atoms in total. The molecule has 0 saturated heterocycles. The summed E-state index contributed by atoms with van der Waals surface area (Å²) in [5.74, 6) is -0.481. The maximum Gasteiger partial charge on any atom is 0.252 e. The van der Waals surface area contributed by atoms with Crippen LogP contribution in [-0.2, 0) is 0 Å². The Balaban J connectivity index is 2.15. The van der Waals surface area contributed by atoms with Crippen LogP contribution in [0, 0.1) is 0 Å². The fraction of sp³-hybridized carbons (Fsp3) is 0. The van der Waals surface area contributed by atoms with Crippen LogP contribution < -0.4 is 5.73 Å². The molecule has 0 aliphatic rings. The van der Waals surface area contributed by atoms with Crippen molar-refractivity contribution in [2.24, 2.45) is 5.73 Å². The van der Waals surface area contributed by atoms with Gasteiger partial charge in [0.1, 0.15) is 5.69 Å². The maximum atomic E-state index is 11.6. The summed E-state index contributed by atoms with van der Waals surface area (Å²) in [7, 11) is 0. The molecule has 0 aliphatic heterocycles. The largest absolute Gasteiger partial charge is 0.365 e. The van der Waals surface area contributed by atoms with Gasteiger partial charge in [-0.05, 0) is 12.1 Å². The summed E-state index contributed by atoms with van der Waals surface area (Å²) in [6.07, 6.45) is 1.67. The monoisotopic (exact) mass is 263 g/mol. The molecule has 3 rings (SSSR count). The van der Waals surface area contributed by atoms with Crippen LogP contribution in [-0.4, -0.2) is 15.7 Å². The molecular weight excluding hydrogens is 250 g/mol. The van der Waals surface area contributed by atoms with E-state index in [0.717, 1.165) is 11.3 Å². The molecule has 0 bridgehead atoms. The van der Waals surface area contributed by atoms with Crippen molar-refractivity contribution in [1.82, 2.24) is 9.78 Å². The first kappa shape index (κ1) is 12.2. The Bertz CT molecular complexity index is 733. The number of nitrogens with zero attached hydrogens (tertiary/aromatic N) is 2. The summed E-state index contributed by atoms with van der Waals surface area (Å²) in [6.45, 7) is 0. The first-order valence-corrected chi connectivity index (χ1v) is 6.26. The molecule has 0 unspecified atom stereocenters. The van der Waals surface area contributed by atoms with E-state index in [4.69, 9.17) is 5.73 Å². The second kappa shape index (κ2) is 5.01. The van der Waals surface area contributed by atoms with Gasteiger partial charge in [0, 0.05) is 11.8 Å². The highest BCUT2D eigenvalue weighted by Gasteiger charge is 2.15. The Morgan fingerprint density at radius 2 is 1.55 bits per heavy atom. The molecule has 0 spiro atoms. The fourth-order valence-electron chi connectivity index (χ4n) is 2.08. The lowest BCUT2D eigenvalue weighted by Gasteiger charge is -2.00. The maximum absolute atomic E-state index is 11.6. The van der Waals surface area contributed by atoms with Gasteiger partial charge in [0.15, 0.2) is 0 Å². The number of carbonyl (C=O) groups is 1. The normalized spacial score (nSPS) is 10.4. The van der Waals surface area contributed by atoms with Crippen molar-refractivity contribution in [3.05, 3.63) is 72.4 Å². The topological polar surface area (TPSA) is 60.9 Å². The number of carbonyl (C=O) groups excluding carboxylic acids is 1. The van der Waals surface area contributed by atoms with Crippen molar-refractivity contribution in [2.45, 2.75) is 0 Å². The molecule has 0 aliphatic carbocycles. The molecule has 2 aromatic carbocycles. The summed E-state index contributed by atoms with van der Waals surface area (Å²) < 4.78 is 1.67. The van der Waals surface area contributed by atoms with Crippen LogP contribution in [0.1, 0.15) is 10.4 Å². The second-order valence-corrected chi connectivity index (χ2v) is 4.40. The highest BCUT2D eigenvalue weighted by Crippen LogP contribution is 2.23. The lowest BCUT2D eigenvalue weighted by Crippen LogP contribution is -2.11. The highest BCUT2D eigenvalue weighted by molar-refractivity contribution is 5.98. The minimum Gasteiger partial charge on any atom is -0.365 e. The summed E-state index contributed by atoms with van der Waals surface area (Å²) in [5.41, 5.74) is 8.22. The third-order valence-corrected chi connectivity index (χ3v) is 3.05. The van der Waals surface area contributed by atoms with E-state index in [1.807, 2.05) is 60.7 Å². The Labute approximate surface area is 116 Å². The first-order valence-electron chi connectivity index (χ1n) is 6.26. The van der Waals surface area contributed by atoms with Gasteiger partial charge in [0.05, 0.1) is 11.3 Å². The van der Waals surface area contributed by atoms with Gasteiger partial charge in [-0.2, -0.15) is 5.10 Å². The number of benzene rings is 2. The number of hydrogen-bond donors (Lipinski definition) is 1. The number of nitrogens with two attached hydrogens (primary N) is 1. The van der Waals surface area contributed by atoms with Crippen molar-refractivity contribution < 1.29 is 4.79 Å². The summed E-state index contributed by atoms with van der Waals surface area (Å²) in [6, 6.07) is 19.2. The molecular formula is C16H13N3O. The molecule has 0 fully saturated rings. The number of aromatic nitrogens is 2. The number of rotatable bonds is 3. The van der Waals surface area contributed by atoms with E-state index in [1.54, 1.807) is 10.9 Å². The van der Waals surface area contributed by atoms with Gasteiger partial charge in [-0.3, -0.25) is 4.79 Å². The molecule has 2 N–H and O–H groups in total. The molecule has 20 heavy (non-hydrogen) atoms. The molecule has 1 amide bonds. The summed E-state index contributed by atoms with van der Waals surface area (Å²) in [5, 5.41) is 4.49. The van der Waals surface area contributed by atoms with Crippen LogP contribution in [0.15, 0.2) is 66.9 Å². The molecule has 1 aromatic heterocycles. The Morgan fingerprint density at radius 1 is 0.950 bits per heavy atom. The van der Waals surface area contributed by atoms with Gasteiger partial charge in [-0.1, -0.05) is 48.5 Å². The lowest BCUT2D eigenvalue weighted by molar-refractivity contribution is 0.100. The Kier molecular flexibility index (Phi) is 3.05. The minimum absolute atomic E-state index is 0.417. The SMILES string of the molecule is NC(=O)c1cn(-c2ccccc2)nc1-c1ccccc1. The average Bonchev–Trinajstić information content (AvgIpc) is 2.94. The smallest absolute Gasteiger partial charge is 0.252 e. The van der Waals surface area contributed by atoms with Gasteiger partial charge in [-0.25, -0.2) is 4.68 Å². The third-order valence-electron chi connectivity index (χ3n) is 3.05. The van der Waals surface area contributed by atoms with Crippen LogP contribution in [0.5, 0.6) is 0 Å². The molecule has 0 saturated carbocycles. The average molecular weight is 263 g/mol. The Hall–Kier alpha value is -2.88. The molecule has 4 heteroatoms. The predicted molar refractivity (Wildman–Crippen MR) is 77.5 cm³/mol. The number of primary amides is 1. The highest BCUT2D eigenvalue weighted by atomic mass is 16.1. The zero-order chi connectivity index (χ0) is 13.9. The zero-order valence-electron chi connectivity index (χ0n) is 10.7. The van der Waals surface area contributed by atoms with E-state index in [0.29, 0.717) is 11.3 Å². The van der Waals surface area contributed by atoms with Gasteiger partial charge in [0.2, 0.25) is 0 Å². The fourth-order valence-corrected chi connectivity index (χ4v) is 2.08. The van der Waals surface area contributed by atoms with Crippen molar-refractivity contribution in [2.75, 3.05) is 0 Å². The van der Waals surface area contributed by atoms with E-state index >= 15 is 0 Å². The summed E-state index contributed by atoms with van der Waals surface area (Å²) >= 11 is 0. The van der Waals surface area contributed by atoms with Gasteiger partial charge in [-0.15, -0.1) is 0 Å². The van der Waals surface area contributed by atoms with E-state index in [1.165, 1.54) is 0 Å². The molecule has 1 heterocycles. The number of hydrogen-bond acceptors (Lipinski definition) is 2. The van der Waals surface area contributed by atoms with Crippen molar-refractivity contribution in [3.8, 4) is 16.9 Å². The van der Waals surface area contributed by atoms with Gasteiger partial charge in [0.25, 0.3) is 5.91 Å². The molecule has 98 valence electrons. The predicted octanol–water partition coefficient (Wildman–Crippen LogP) is 2.64.